The number of rotatable bonds is 6. The van der Waals surface area contributed by atoms with Crippen molar-refractivity contribution in [2.45, 2.75) is 57.2 Å². The van der Waals surface area contributed by atoms with Gasteiger partial charge >= 0.3 is 0 Å². The number of nitriles is 1. The van der Waals surface area contributed by atoms with Gasteiger partial charge in [0.25, 0.3) is 5.91 Å². The summed E-state index contributed by atoms with van der Waals surface area (Å²) in [6.45, 7) is 6.52. The second kappa shape index (κ2) is 9.03. The molecular formula is C26H28FN3O. The normalized spacial score (nSPS) is 17.5. The van der Waals surface area contributed by atoms with E-state index >= 15 is 0 Å². The van der Waals surface area contributed by atoms with E-state index in [1.54, 1.807) is 12.1 Å². The number of nitrogens with one attached hydrogen (secondary N) is 1. The summed E-state index contributed by atoms with van der Waals surface area (Å²) < 4.78 is 13.6. The number of fused-ring (bicyclic) bond motifs is 1. The van der Waals surface area contributed by atoms with Crippen LogP contribution in [0, 0.1) is 17.1 Å². The maximum Gasteiger partial charge on any atom is 0.251 e. The van der Waals surface area contributed by atoms with Gasteiger partial charge in [-0.3, -0.25) is 9.69 Å². The number of nitrogens with zero attached hydrogens (tertiary/aromatic N) is 2. The molecule has 0 unspecified atom stereocenters. The molecule has 1 aliphatic carbocycles. The van der Waals surface area contributed by atoms with E-state index in [2.05, 4.69) is 28.9 Å². The van der Waals surface area contributed by atoms with Gasteiger partial charge in [-0.1, -0.05) is 44.0 Å². The number of amides is 1. The predicted molar refractivity (Wildman–Crippen MR) is 119 cm³/mol. The average Bonchev–Trinajstić information content (AvgIpc) is 3.20. The first-order valence-electron chi connectivity index (χ1n) is 11.0. The lowest BCUT2D eigenvalue weighted by atomic mass is 9.78. The molecular weight excluding hydrogens is 389 g/mol. The van der Waals surface area contributed by atoms with E-state index in [9.17, 15) is 9.18 Å². The van der Waals surface area contributed by atoms with E-state index < -0.39 is 0 Å². The van der Waals surface area contributed by atoms with Crippen LogP contribution in [-0.4, -0.2) is 22.9 Å². The van der Waals surface area contributed by atoms with Crippen LogP contribution >= 0.6 is 0 Å². The molecule has 1 N–H and O–H groups in total. The first-order chi connectivity index (χ1) is 15.0. The Bertz CT molecular complexity index is 1030. The number of carbonyl (C=O) groups is 1. The van der Waals surface area contributed by atoms with Crippen LogP contribution in [0.5, 0.6) is 0 Å². The number of carbonyl (C=O) groups excluding carboxylic acids is 1. The molecule has 1 amide bonds. The predicted octanol–water partition coefficient (Wildman–Crippen LogP) is 4.94. The Morgan fingerprint density at radius 3 is 2.65 bits per heavy atom. The van der Waals surface area contributed by atoms with Crippen LogP contribution in [0.1, 0.15) is 60.8 Å². The third-order valence-corrected chi connectivity index (χ3v) is 6.67. The standard InChI is InChI=1S/C26H28FN3O/c1-19(21-6-5-7-24(27)15-21)25(31)29-26(10-3-2-4-11-26)12-13-30-17-22-9-8-20(16-28)14-23(22)18-30/h5-9,14-15H,1-4,10-13,17-18H2,(H,29,31). The van der Waals surface area contributed by atoms with Crippen LogP contribution in [0.2, 0.25) is 0 Å². The molecule has 4 rings (SSSR count). The van der Waals surface area contributed by atoms with Gasteiger partial charge < -0.3 is 5.32 Å². The van der Waals surface area contributed by atoms with Crippen molar-refractivity contribution in [1.29, 1.82) is 5.26 Å². The SMILES string of the molecule is C=C(C(=O)NC1(CCN2Cc3ccc(C#N)cc3C2)CCCCC1)c1cccc(F)c1. The molecule has 0 bridgehead atoms. The first kappa shape index (κ1) is 21.3. The molecule has 2 aliphatic rings. The fourth-order valence-electron chi connectivity index (χ4n) is 4.85. The Morgan fingerprint density at radius 1 is 1.13 bits per heavy atom. The highest BCUT2D eigenvalue weighted by Crippen LogP contribution is 2.33. The number of halogens is 1. The fraction of sp³-hybridized carbons (Fsp3) is 0.385. The molecule has 0 atom stereocenters. The highest BCUT2D eigenvalue weighted by molar-refractivity contribution is 6.18. The van der Waals surface area contributed by atoms with Gasteiger partial charge in [0.2, 0.25) is 0 Å². The highest BCUT2D eigenvalue weighted by atomic mass is 19.1. The summed E-state index contributed by atoms with van der Waals surface area (Å²) in [7, 11) is 0. The Kier molecular flexibility index (Phi) is 6.20. The fourth-order valence-corrected chi connectivity index (χ4v) is 4.85. The summed E-state index contributed by atoms with van der Waals surface area (Å²) in [5, 5.41) is 12.4. The van der Waals surface area contributed by atoms with E-state index in [0.29, 0.717) is 16.7 Å². The summed E-state index contributed by atoms with van der Waals surface area (Å²) >= 11 is 0. The molecule has 4 nitrogen and oxygen atoms in total. The van der Waals surface area contributed by atoms with Gasteiger partial charge in [-0.2, -0.15) is 5.26 Å². The molecule has 2 aromatic rings. The van der Waals surface area contributed by atoms with Crippen molar-refractivity contribution < 1.29 is 9.18 Å². The quantitative estimate of drug-likeness (QED) is 0.678. The van der Waals surface area contributed by atoms with Gasteiger partial charge in [0.1, 0.15) is 5.82 Å². The van der Waals surface area contributed by atoms with Crippen molar-refractivity contribution in [2.24, 2.45) is 0 Å². The van der Waals surface area contributed by atoms with Crippen molar-refractivity contribution in [3.63, 3.8) is 0 Å². The third kappa shape index (κ3) is 4.86. The zero-order chi connectivity index (χ0) is 21.8. The lowest BCUT2D eigenvalue weighted by Gasteiger charge is -2.39. The van der Waals surface area contributed by atoms with Crippen molar-refractivity contribution in [2.75, 3.05) is 6.54 Å². The Morgan fingerprint density at radius 2 is 1.90 bits per heavy atom. The molecule has 1 saturated carbocycles. The van der Waals surface area contributed by atoms with Gasteiger partial charge in [-0.25, -0.2) is 4.39 Å². The van der Waals surface area contributed by atoms with Crippen molar-refractivity contribution in [3.8, 4) is 6.07 Å². The van der Waals surface area contributed by atoms with Gasteiger partial charge in [0.05, 0.1) is 11.6 Å². The van der Waals surface area contributed by atoms with Crippen LogP contribution in [0.3, 0.4) is 0 Å². The Balaban J connectivity index is 1.42. The Labute approximate surface area is 183 Å². The van der Waals surface area contributed by atoms with E-state index in [0.717, 1.165) is 51.7 Å². The molecule has 1 heterocycles. The molecule has 5 heteroatoms. The first-order valence-corrected chi connectivity index (χ1v) is 11.0. The highest BCUT2D eigenvalue weighted by Gasteiger charge is 2.35. The summed E-state index contributed by atoms with van der Waals surface area (Å²) in [4.78, 5) is 15.4. The minimum Gasteiger partial charge on any atom is -0.347 e. The van der Waals surface area contributed by atoms with E-state index in [1.807, 2.05) is 12.1 Å². The zero-order valence-electron chi connectivity index (χ0n) is 17.8. The van der Waals surface area contributed by atoms with Crippen molar-refractivity contribution in [1.82, 2.24) is 10.2 Å². The molecule has 1 fully saturated rings. The largest absolute Gasteiger partial charge is 0.347 e. The van der Waals surface area contributed by atoms with Crippen molar-refractivity contribution >= 4 is 11.5 Å². The lowest BCUT2D eigenvalue weighted by molar-refractivity contribution is -0.118. The maximum absolute atomic E-state index is 13.6. The maximum atomic E-state index is 13.6. The minimum atomic E-state index is -0.369. The third-order valence-electron chi connectivity index (χ3n) is 6.67. The minimum absolute atomic E-state index is 0.212. The second-order valence-electron chi connectivity index (χ2n) is 8.84. The summed E-state index contributed by atoms with van der Waals surface area (Å²) in [6, 6.07) is 14.2. The van der Waals surface area contributed by atoms with Gasteiger partial charge in [-0.05, 0) is 60.2 Å². The summed E-state index contributed by atoms with van der Waals surface area (Å²) in [5.41, 5.74) is 3.78. The van der Waals surface area contributed by atoms with E-state index in [4.69, 9.17) is 5.26 Å². The molecule has 0 spiro atoms. The van der Waals surface area contributed by atoms with Crippen molar-refractivity contribution in [3.05, 3.63) is 77.1 Å². The van der Waals surface area contributed by atoms with E-state index in [-0.39, 0.29) is 17.3 Å². The summed E-state index contributed by atoms with van der Waals surface area (Å²) in [6.07, 6.45) is 6.16. The van der Waals surface area contributed by atoms with Gasteiger partial charge in [0.15, 0.2) is 0 Å². The number of hydrogen-bond acceptors (Lipinski definition) is 3. The molecule has 160 valence electrons. The van der Waals surface area contributed by atoms with Crippen LogP contribution in [0.25, 0.3) is 5.57 Å². The second-order valence-corrected chi connectivity index (χ2v) is 8.84. The molecule has 0 aromatic heterocycles. The number of hydrogen-bond donors (Lipinski definition) is 1. The van der Waals surface area contributed by atoms with Gasteiger partial charge in [-0.15, -0.1) is 0 Å². The van der Waals surface area contributed by atoms with Crippen LogP contribution in [-0.2, 0) is 17.9 Å². The molecule has 31 heavy (non-hydrogen) atoms. The Hall–Kier alpha value is -2.97. The zero-order valence-corrected chi connectivity index (χ0v) is 17.8. The number of benzene rings is 2. The van der Waals surface area contributed by atoms with Crippen LogP contribution in [0.4, 0.5) is 4.39 Å². The molecule has 0 saturated heterocycles. The topological polar surface area (TPSA) is 56.1 Å². The van der Waals surface area contributed by atoms with Crippen LogP contribution < -0.4 is 5.32 Å². The molecule has 2 aromatic carbocycles. The van der Waals surface area contributed by atoms with E-state index in [1.165, 1.54) is 29.7 Å². The lowest BCUT2D eigenvalue weighted by Crippen LogP contribution is -2.51. The van der Waals surface area contributed by atoms with Gasteiger partial charge in [0, 0.05) is 30.7 Å². The molecule has 0 radical (unpaired) electrons. The smallest absolute Gasteiger partial charge is 0.251 e. The summed E-state index contributed by atoms with van der Waals surface area (Å²) in [5.74, 6) is -0.581. The monoisotopic (exact) mass is 417 g/mol. The average molecular weight is 418 g/mol. The molecule has 1 aliphatic heterocycles. The van der Waals surface area contributed by atoms with Crippen LogP contribution in [0.15, 0.2) is 49.0 Å².